The van der Waals surface area contributed by atoms with Crippen molar-refractivity contribution in [1.29, 1.82) is 0 Å². The number of hydrogen-bond acceptors (Lipinski definition) is 6. The van der Waals surface area contributed by atoms with Crippen molar-refractivity contribution in [3.05, 3.63) is 29.8 Å². The van der Waals surface area contributed by atoms with Crippen molar-refractivity contribution >= 4 is 11.9 Å². The third kappa shape index (κ3) is 7.31. The predicted molar refractivity (Wildman–Crippen MR) is 75.3 cm³/mol. The molecule has 6 nitrogen and oxygen atoms in total. The molecule has 0 amide bonds. The van der Waals surface area contributed by atoms with Crippen molar-refractivity contribution in [1.82, 2.24) is 0 Å². The molecule has 0 bridgehead atoms. The molecular weight excluding hydrogens is 276 g/mol. The smallest absolute Gasteiger partial charge is 0.338 e. The number of ether oxygens (including phenoxy) is 4. The number of esters is 2. The maximum Gasteiger partial charge on any atom is 0.338 e. The number of hydrogen-bond donors (Lipinski definition) is 0. The number of benzene rings is 1. The minimum atomic E-state index is -0.415. The fourth-order valence-electron chi connectivity index (χ4n) is 1.45. The van der Waals surface area contributed by atoms with Gasteiger partial charge in [0.25, 0.3) is 0 Å². The zero-order valence-corrected chi connectivity index (χ0v) is 12.3. The highest BCUT2D eigenvalue weighted by Gasteiger charge is 2.07. The summed E-state index contributed by atoms with van der Waals surface area (Å²) in [6.07, 6.45) is 0.476. The molecule has 0 radical (unpaired) electrons. The molecule has 0 N–H and O–H groups in total. The SMILES string of the molecule is COCCOc1ccc(C(=O)OCCCOC(C)=O)cc1. The fourth-order valence-corrected chi connectivity index (χ4v) is 1.45. The summed E-state index contributed by atoms with van der Waals surface area (Å²) in [6.45, 7) is 2.75. The molecule has 1 aromatic carbocycles. The van der Waals surface area contributed by atoms with Crippen LogP contribution >= 0.6 is 0 Å². The summed E-state index contributed by atoms with van der Waals surface area (Å²) in [5.41, 5.74) is 0.446. The molecule has 0 unspecified atom stereocenters. The Labute approximate surface area is 123 Å². The van der Waals surface area contributed by atoms with E-state index < -0.39 is 5.97 Å². The van der Waals surface area contributed by atoms with E-state index in [0.717, 1.165) is 0 Å². The molecule has 0 saturated carbocycles. The average molecular weight is 296 g/mol. The van der Waals surface area contributed by atoms with Crippen molar-refractivity contribution in [3.63, 3.8) is 0 Å². The number of carbonyl (C=O) groups excluding carboxylic acids is 2. The molecule has 0 aromatic heterocycles. The number of methoxy groups -OCH3 is 1. The van der Waals surface area contributed by atoms with Gasteiger partial charge in [0.1, 0.15) is 12.4 Å². The van der Waals surface area contributed by atoms with E-state index >= 15 is 0 Å². The van der Waals surface area contributed by atoms with Crippen molar-refractivity contribution < 1.29 is 28.5 Å². The highest BCUT2D eigenvalue weighted by Crippen LogP contribution is 2.13. The largest absolute Gasteiger partial charge is 0.491 e. The van der Waals surface area contributed by atoms with Gasteiger partial charge in [-0.15, -0.1) is 0 Å². The second kappa shape index (κ2) is 9.77. The van der Waals surface area contributed by atoms with Crippen LogP contribution in [0.15, 0.2) is 24.3 Å². The van der Waals surface area contributed by atoms with Crippen LogP contribution in [0.5, 0.6) is 5.75 Å². The van der Waals surface area contributed by atoms with Crippen LogP contribution in [0.2, 0.25) is 0 Å². The first-order chi connectivity index (χ1) is 10.1. The van der Waals surface area contributed by atoms with Crippen LogP contribution in [-0.2, 0) is 19.0 Å². The third-order valence-electron chi connectivity index (χ3n) is 2.47. The summed E-state index contributed by atoms with van der Waals surface area (Å²) in [7, 11) is 1.60. The molecule has 0 heterocycles. The second-order valence-corrected chi connectivity index (χ2v) is 4.20. The van der Waals surface area contributed by atoms with Crippen molar-refractivity contribution in [3.8, 4) is 5.75 Å². The quantitative estimate of drug-likeness (QED) is 0.511. The molecule has 116 valence electrons. The Balaban J connectivity index is 2.29. The lowest BCUT2D eigenvalue weighted by molar-refractivity contribution is -0.141. The van der Waals surface area contributed by atoms with Crippen LogP contribution in [-0.4, -0.2) is 45.5 Å². The van der Waals surface area contributed by atoms with Gasteiger partial charge >= 0.3 is 11.9 Å². The monoisotopic (exact) mass is 296 g/mol. The van der Waals surface area contributed by atoms with Crippen molar-refractivity contribution in [2.75, 3.05) is 33.5 Å². The van der Waals surface area contributed by atoms with Crippen LogP contribution in [0.25, 0.3) is 0 Å². The van der Waals surface area contributed by atoms with Gasteiger partial charge in [-0.3, -0.25) is 4.79 Å². The maximum atomic E-state index is 11.7. The van der Waals surface area contributed by atoms with Crippen LogP contribution in [0.1, 0.15) is 23.7 Å². The van der Waals surface area contributed by atoms with E-state index in [1.165, 1.54) is 6.92 Å². The Morgan fingerprint density at radius 1 is 0.952 bits per heavy atom. The highest BCUT2D eigenvalue weighted by atomic mass is 16.5. The Morgan fingerprint density at radius 2 is 1.62 bits per heavy atom. The van der Waals surface area contributed by atoms with Gasteiger partial charge in [0.15, 0.2) is 0 Å². The van der Waals surface area contributed by atoms with Crippen LogP contribution < -0.4 is 4.74 Å². The van der Waals surface area contributed by atoms with Crippen molar-refractivity contribution in [2.45, 2.75) is 13.3 Å². The first-order valence-corrected chi connectivity index (χ1v) is 6.65. The van der Waals surface area contributed by atoms with Crippen LogP contribution in [0.3, 0.4) is 0 Å². The lowest BCUT2D eigenvalue weighted by atomic mass is 10.2. The average Bonchev–Trinajstić information content (AvgIpc) is 2.47. The normalized spacial score (nSPS) is 10.0. The van der Waals surface area contributed by atoms with Gasteiger partial charge in [0.05, 0.1) is 25.4 Å². The zero-order chi connectivity index (χ0) is 15.5. The van der Waals surface area contributed by atoms with E-state index in [1.54, 1.807) is 31.4 Å². The third-order valence-corrected chi connectivity index (χ3v) is 2.47. The zero-order valence-electron chi connectivity index (χ0n) is 12.3. The molecule has 1 aromatic rings. The van der Waals surface area contributed by atoms with E-state index in [1.807, 2.05) is 0 Å². The lowest BCUT2D eigenvalue weighted by Gasteiger charge is -2.07. The van der Waals surface area contributed by atoms with Gasteiger partial charge in [-0.25, -0.2) is 4.79 Å². The van der Waals surface area contributed by atoms with Gasteiger partial charge < -0.3 is 18.9 Å². The second-order valence-electron chi connectivity index (χ2n) is 4.20. The van der Waals surface area contributed by atoms with E-state index in [-0.39, 0.29) is 19.2 Å². The summed E-state index contributed by atoms with van der Waals surface area (Å²) in [5, 5.41) is 0. The van der Waals surface area contributed by atoms with Crippen molar-refractivity contribution in [2.24, 2.45) is 0 Å². The van der Waals surface area contributed by atoms with Gasteiger partial charge in [0, 0.05) is 20.5 Å². The standard InChI is InChI=1S/C15H20O6/c1-12(16)19-8-3-9-21-15(17)13-4-6-14(7-5-13)20-11-10-18-2/h4-7H,3,8-11H2,1-2H3. The number of carbonyl (C=O) groups is 2. The summed E-state index contributed by atoms with van der Waals surface area (Å²) in [4.78, 5) is 22.3. The minimum Gasteiger partial charge on any atom is -0.491 e. The molecule has 0 saturated heterocycles. The molecular formula is C15H20O6. The van der Waals surface area contributed by atoms with E-state index in [9.17, 15) is 9.59 Å². The van der Waals surface area contributed by atoms with Crippen LogP contribution in [0, 0.1) is 0 Å². The topological polar surface area (TPSA) is 71.1 Å². The van der Waals surface area contributed by atoms with Gasteiger partial charge in [-0.05, 0) is 24.3 Å². The van der Waals surface area contributed by atoms with E-state index in [4.69, 9.17) is 18.9 Å². The summed E-state index contributed by atoms with van der Waals surface area (Å²) in [5.74, 6) is -0.0925. The predicted octanol–water partition coefficient (Wildman–Crippen LogP) is 1.82. The minimum absolute atomic E-state index is 0.207. The fraction of sp³-hybridized carbons (Fsp3) is 0.467. The first kappa shape index (κ1) is 17.0. The van der Waals surface area contributed by atoms with Gasteiger partial charge in [-0.1, -0.05) is 0 Å². The Morgan fingerprint density at radius 3 is 2.24 bits per heavy atom. The molecule has 0 fully saturated rings. The highest BCUT2D eigenvalue weighted by molar-refractivity contribution is 5.89. The summed E-state index contributed by atoms with van der Waals surface area (Å²) < 4.78 is 20.1. The Bertz CT molecular complexity index is 440. The van der Waals surface area contributed by atoms with E-state index in [0.29, 0.717) is 30.9 Å². The van der Waals surface area contributed by atoms with Crippen LogP contribution in [0.4, 0.5) is 0 Å². The Hall–Kier alpha value is -2.08. The number of rotatable bonds is 9. The summed E-state index contributed by atoms with van der Waals surface area (Å²) >= 11 is 0. The molecule has 1 rings (SSSR count). The molecule has 6 heteroatoms. The lowest BCUT2D eigenvalue weighted by Crippen LogP contribution is -2.09. The molecule has 0 aliphatic rings. The molecule has 0 aliphatic heterocycles. The summed E-state index contributed by atoms with van der Waals surface area (Å²) in [6, 6.07) is 6.67. The Kier molecular flexibility index (Phi) is 7.89. The molecule has 0 aliphatic carbocycles. The van der Waals surface area contributed by atoms with E-state index in [2.05, 4.69) is 0 Å². The molecule has 0 atom stereocenters. The molecule has 0 spiro atoms. The van der Waals surface area contributed by atoms with Gasteiger partial charge in [-0.2, -0.15) is 0 Å². The first-order valence-electron chi connectivity index (χ1n) is 6.65. The maximum absolute atomic E-state index is 11.7. The van der Waals surface area contributed by atoms with Gasteiger partial charge in [0.2, 0.25) is 0 Å². The molecule has 21 heavy (non-hydrogen) atoms.